The molecule has 0 aromatic rings. The molecule has 0 atom stereocenters. The van der Waals surface area contributed by atoms with E-state index in [1.54, 1.807) is 0 Å². The van der Waals surface area contributed by atoms with Gasteiger partial charge in [0.05, 0.1) is 10.5 Å². The second-order valence-electron chi connectivity index (χ2n) is 2.46. The van der Waals surface area contributed by atoms with E-state index < -0.39 is 10.8 Å². The fraction of sp³-hybridized carbons (Fsp3) is 0.143. The summed E-state index contributed by atoms with van der Waals surface area (Å²) in [5.41, 5.74) is 4.67. The van der Waals surface area contributed by atoms with Gasteiger partial charge in [-0.05, 0) is 6.08 Å². The topological polar surface area (TPSA) is 86.2 Å². The number of thiocarbonyl (C=S) groups is 1. The summed E-state index contributed by atoms with van der Waals surface area (Å²) in [4.78, 5) is 21.0. The molecule has 5 nitrogen and oxygen atoms in total. The van der Waals surface area contributed by atoms with E-state index >= 15 is 0 Å². The zero-order valence-electron chi connectivity index (χ0n) is 6.52. The predicted octanol–water partition coefficient (Wildman–Crippen LogP) is 0.332. The molecule has 0 fully saturated rings. The van der Waals surface area contributed by atoms with Crippen LogP contribution in [0.2, 0.25) is 0 Å². The highest BCUT2D eigenvalue weighted by atomic mass is 32.1. The zero-order chi connectivity index (χ0) is 10.0. The molecule has 0 aliphatic heterocycles. The van der Waals surface area contributed by atoms with Crippen LogP contribution in [0, 0.1) is 10.1 Å². The van der Waals surface area contributed by atoms with Gasteiger partial charge in [0.2, 0.25) is 0 Å². The molecular formula is C7H6N2O3S. The average molecular weight is 198 g/mol. The van der Waals surface area contributed by atoms with Gasteiger partial charge in [-0.25, -0.2) is 0 Å². The van der Waals surface area contributed by atoms with Crippen LogP contribution in [-0.2, 0) is 4.79 Å². The summed E-state index contributed by atoms with van der Waals surface area (Å²) >= 11 is 4.79. The van der Waals surface area contributed by atoms with Crippen LogP contribution in [0.1, 0.15) is 6.42 Å². The largest absolute Gasteiger partial charge is 0.366 e. The van der Waals surface area contributed by atoms with Crippen molar-refractivity contribution in [1.29, 1.82) is 0 Å². The molecule has 68 valence electrons. The summed E-state index contributed by atoms with van der Waals surface area (Å²) in [7, 11) is 0. The Labute approximate surface area is 79.1 Å². The third-order valence-corrected chi connectivity index (χ3v) is 1.86. The Kier molecular flexibility index (Phi) is 2.52. The van der Waals surface area contributed by atoms with E-state index in [1.807, 2.05) is 0 Å². The molecule has 2 N–H and O–H groups in total. The molecule has 0 unspecified atom stereocenters. The first-order valence-electron chi connectivity index (χ1n) is 3.40. The Morgan fingerprint density at radius 1 is 1.62 bits per heavy atom. The highest BCUT2D eigenvalue weighted by molar-refractivity contribution is 7.80. The number of nitrogens with zero attached hydrogens (tertiary/aromatic N) is 1. The number of nitro groups is 1. The summed E-state index contributed by atoms with van der Waals surface area (Å²) in [6, 6.07) is 0. The Balaban J connectivity index is 3.17. The Morgan fingerprint density at radius 2 is 2.23 bits per heavy atom. The molecule has 0 aromatic carbocycles. The van der Waals surface area contributed by atoms with Crippen LogP contribution in [-0.4, -0.2) is 15.7 Å². The van der Waals surface area contributed by atoms with Crippen LogP contribution >= 0.6 is 12.2 Å². The van der Waals surface area contributed by atoms with Gasteiger partial charge in [0.25, 0.3) is 11.6 Å². The summed E-state index contributed by atoms with van der Waals surface area (Å²) < 4.78 is 0. The lowest BCUT2D eigenvalue weighted by atomic mass is 10.0. The van der Waals surface area contributed by atoms with E-state index in [0.29, 0.717) is 4.86 Å². The van der Waals surface area contributed by atoms with Gasteiger partial charge in [-0.2, -0.15) is 0 Å². The molecule has 0 radical (unpaired) electrons. The van der Waals surface area contributed by atoms with Crippen molar-refractivity contribution in [3.8, 4) is 0 Å². The van der Waals surface area contributed by atoms with Crippen molar-refractivity contribution < 1.29 is 9.72 Å². The molecule has 0 saturated heterocycles. The quantitative estimate of drug-likeness (QED) is 0.393. The van der Waals surface area contributed by atoms with Gasteiger partial charge in [0.15, 0.2) is 0 Å². The molecule has 1 rings (SSSR count). The molecule has 1 aliphatic carbocycles. The summed E-state index contributed by atoms with van der Waals surface area (Å²) in [5, 5.41) is 10.4. The fourth-order valence-electron chi connectivity index (χ4n) is 0.981. The molecular weight excluding hydrogens is 192 g/mol. The van der Waals surface area contributed by atoms with E-state index in [1.165, 1.54) is 12.2 Å². The summed E-state index contributed by atoms with van der Waals surface area (Å²) in [6.45, 7) is 0. The van der Waals surface area contributed by atoms with E-state index in [0.717, 1.165) is 0 Å². The van der Waals surface area contributed by atoms with Gasteiger partial charge in [-0.1, -0.05) is 12.2 Å². The Hall–Kier alpha value is -1.56. The molecule has 1 amide bonds. The number of carbonyl (C=O) groups is 1. The maximum atomic E-state index is 10.8. The highest BCUT2D eigenvalue weighted by Gasteiger charge is 2.24. The minimum Gasteiger partial charge on any atom is -0.366 e. The van der Waals surface area contributed by atoms with Gasteiger partial charge in [0.1, 0.15) is 0 Å². The number of hydrogen-bond acceptors (Lipinski definition) is 4. The fourth-order valence-corrected chi connectivity index (χ4v) is 1.19. The predicted molar refractivity (Wildman–Crippen MR) is 49.6 cm³/mol. The zero-order valence-corrected chi connectivity index (χ0v) is 7.34. The minimum absolute atomic E-state index is 0.0301. The van der Waals surface area contributed by atoms with Crippen LogP contribution < -0.4 is 5.73 Å². The summed E-state index contributed by atoms with van der Waals surface area (Å²) in [6.07, 6.45) is 2.71. The van der Waals surface area contributed by atoms with Crippen molar-refractivity contribution in [3.63, 3.8) is 0 Å². The average Bonchev–Trinajstić information content (AvgIpc) is 2.03. The number of primary amides is 1. The molecule has 0 heterocycles. The van der Waals surface area contributed by atoms with E-state index in [9.17, 15) is 14.9 Å². The minimum atomic E-state index is -0.793. The second-order valence-corrected chi connectivity index (χ2v) is 2.99. The first kappa shape index (κ1) is 9.53. The SMILES string of the molecule is NC(=O)C1=C([N+](=O)[O-])C=CC(=S)C1. The van der Waals surface area contributed by atoms with Gasteiger partial charge in [-0.15, -0.1) is 0 Å². The number of carbonyl (C=O) groups excluding carboxylic acids is 1. The first-order chi connectivity index (χ1) is 6.02. The van der Waals surface area contributed by atoms with Crippen molar-refractivity contribution in [1.82, 2.24) is 0 Å². The van der Waals surface area contributed by atoms with Crippen molar-refractivity contribution in [3.05, 3.63) is 33.5 Å². The summed E-state index contributed by atoms with van der Waals surface area (Å²) in [5.74, 6) is -0.793. The maximum Gasteiger partial charge on any atom is 0.278 e. The van der Waals surface area contributed by atoms with Crippen LogP contribution in [0.3, 0.4) is 0 Å². The Bertz CT molecular complexity index is 357. The van der Waals surface area contributed by atoms with Gasteiger partial charge < -0.3 is 5.73 Å². The molecule has 0 bridgehead atoms. The molecule has 0 aromatic heterocycles. The van der Waals surface area contributed by atoms with Crippen LogP contribution in [0.4, 0.5) is 0 Å². The van der Waals surface area contributed by atoms with E-state index in [2.05, 4.69) is 0 Å². The van der Waals surface area contributed by atoms with Gasteiger partial charge >= 0.3 is 0 Å². The van der Waals surface area contributed by atoms with Crippen LogP contribution in [0.5, 0.6) is 0 Å². The molecule has 0 spiro atoms. The lowest BCUT2D eigenvalue weighted by Crippen LogP contribution is -2.21. The second kappa shape index (κ2) is 3.44. The standard InChI is InChI=1S/C7H6N2O3S/c8-7(10)5-3-4(13)1-2-6(5)9(11)12/h1-2H,3H2,(H2,8,10). The first-order valence-corrected chi connectivity index (χ1v) is 3.81. The molecule has 0 saturated carbocycles. The lowest BCUT2D eigenvalue weighted by molar-refractivity contribution is -0.420. The third kappa shape index (κ3) is 1.97. The Morgan fingerprint density at radius 3 is 2.69 bits per heavy atom. The lowest BCUT2D eigenvalue weighted by Gasteiger charge is -2.06. The number of nitrogens with two attached hydrogens (primary N) is 1. The number of amides is 1. The monoisotopic (exact) mass is 198 g/mol. The van der Waals surface area contributed by atoms with E-state index in [-0.39, 0.29) is 17.7 Å². The highest BCUT2D eigenvalue weighted by Crippen LogP contribution is 2.17. The van der Waals surface area contributed by atoms with Crippen LogP contribution in [0.25, 0.3) is 0 Å². The van der Waals surface area contributed by atoms with Gasteiger partial charge in [0, 0.05) is 17.4 Å². The van der Waals surface area contributed by atoms with Gasteiger partial charge in [-0.3, -0.25) is 14.9 Å². The van der Waals surface area contributed by atoms with Crippen molar-refractivity contribution in [2.45, 2.75) is 6.42 Å². The van der Waals surface area contributed by atoms with Crippen molar-refractivity contribution in [2.24, 2.45) is 5.73 Å². The number of rotatable bonds is 2. The smallest absolute Gasteiger partial charge is 0.278 e. The molecule has 6 heteroatoms. The van der Waals surface area contributed by atoms with Crippen molar-refractivity contribution in [2.75, 3.05) is 0 Å². The van der Waals surface area contributed by atoms with Crippen molar-refractivity contribution >= 4 is 23.0 Å². The maximum absolute atomic E-state index is 10.8. The third-order valence-electron chi connectivity index (χ3n) is 1.58. The van der Waals surface area contributed by atoms with E-state index in [4.69, 9.17) is 18.0 Å². The number of hydrogen-bond donors (Lipinski definition) is 1. The number of allylic oxidation sites excluding steroid dienone is 2. The van der Waals surface area contributed by atoms with Crippen LogP contribution in [0.15, 0.2) is 23.4 Å². The normalized spacial score (nSPS) is 16.2. The molecule has 13 heavy (non-hydrogen) atoms. The molecule has 1 aliphatic rings.